The van der Waals surface area contributed by atoms with Gasteiger partial charge in [0.05, 0.1) is 31.9 Å². The van der Waals surface area contributed by atoms with E-state index in [0.717, 1.165) is 6.54 Å². The van der Waals surface area contributed by atoms with E-state index in [-0.39, 0.29) is 17.7 Å². The van der Waals surface area contributed by atoms with Gasteiger partial charge in [-0.2, -0.15) is 0 Å². The summed E-state index contributed by atoms with van der Waals surface area (Å²) in [5, 5.41) is 17.9. The largest absolute Gasteiger partial charge is 0.419 e. The van der Waals surface area contributed by atoms with E-state index in [1.807, 2.05) is 11.8 Å². The Hall–Kier alpha value is -1.83. The molecule has 6 nitrogen and oxygen atoms in total. The quantitative estimate of drug-likeness (QED) is 0.901. The number of aromatic nitrogens is 2. The van der Waals surface area contributed by atoms with E-state index in [2.05, 4.69) is 10.2 Å². The summed E-state index contributed by atoms with van der Waals surface area (Å²) in [6, 6.07) is 5.95. The number of likely N-dealkylation sites (N-methyl/N-ethyl adjacent to an activating group) is 1. The number of aliphatic hydroxyl groups excluding tert-OH is 1. The lowest BCUT2D eigenvalue weighted by Crippen LogP contribution is -2.42. The van der Waals surface area contributed by atoms with Crippen molar-refractivity contribution in [3.05, 3.63) is 36.0 Å². The van der Waals surface area contributed by atoms with Crippen LogP contribution in [0.5, 0.6) is 0 Å². The molecule has 118 valence electrons. The lowest BCUT2D eigenvalue weighted by molar-refractivity contribution is 0.0759. The van der Waals surface area contributed by atoms with Gasteiger partial charge >= 0.3 is 0 Å². The number of rotatable bonds is 5. The van der Waals surface area contributed by atoms with Crippen LogP contribution in [0.25, 0.3) is 11.5 Å². The zero-order valence-corrected chi connectivity index (χ0v) is 12.3. The molecule has 0 bridgehead atoms. The summed E-state index contributed by atoms with van der Waals surface area (Å²) in [6.45, 7) is 3.97. The average Bonchev–Trinajstić information content (AvgIpc) is 3.14. The van der Waals surface area contributed by atoms with Gasteiger partial charge in [-0.3, -0.25) is 4.90 Å². The van der Waals surface area contributed by atoms with E-state index >= 15 is 0 Å². The van der Waals surface area contributed by atoms with Gasteiger partial charge in [0.15, 0.2) is 0 Å². The fourth-order valence-corrected chi connectivity index (χ4v) is 2.57. The minimum absolute atomic E-state index is 0.0745. The highest BCUT2D eigenvalue weighted by molar-refractivity contribution is 5.52. The summed E-state index contributed by atoms with van der Waals surface area (Å²) in [7, 11) is 0. The Kier molecular flexibility index (Phi) is 4.47. The van der Waals surface area contributed by atoms with Gasteiger partial charge in [0.1, 0.15) is 5.82 Å². The van der Waals surface area contributed by atoms with Crippen molar-refractivity contribution >= 4 is 0 Å². The Morgan fingerprint density at radius 2 is 2.23 bits per heavy atom. The molecular formula is C15H18FN3O3. The molecule has 1 aromatic carbocycles. The SMILES string of the molecule is CCN(Cc1nnc(-c2cccc(F)c2)o1)C1COCC1O. The van der Waals surface area contributed by atoms with Crippen LogP contribution in [0.4, 0.5) is 4.39 Å². The first kappa shape index (κ1) is 15.1. The third-order valence-corrected chi connectivity index (χ3v) is 3.77. The molecule has 1 aliphatic rings. The third kappa shape index (κ3) is 3.16. The van der Waals surface area contributed by atoms with Crippen LogP contribution in [-0.2, 0) is 11.3 Å². The summed E-state index contributed by atoms with van der Waals surface area (Å²) >= 11 is 0. The molecule has 0 radical (unpaired) electrons. The second kappa shape index (κ2) is 6.51. The lowest BCUT2D eigenvalue weighted by atomic mass is 10.2. The van der Waals surface area contributed by atoms with Crippen molar-refractivity contribution in [2.24, 2.45) is 0 Å². The van der Waals surface area contributed by atoms with E-state index in [0.29, 0.717) is 31.2 Å². The highest BCUT2D eigenvalue weighted by Crippen LogP contribution is 2.21. The third-order valence-electron chi connectivity index (χ3n) is 3.77. The first-order valence-corrected chi connectivity index (χ1v) is 7.25. The van der Waals surface area contributed by atoms with Crippen LogP contribution in [0.15, 0.2) is 28.7 Å². The van der Waals surface area contributed by atoms with Crippen molar-refractivity contribution in [2.75, 3.05) is 19.8 Å². The van der Waals surface area contributed by atoms with Crippen LogP contribution in [0.3, 0.4) is 0 Å². The topological polar surface area (TPSA) is 71.6 Å². The van der Waals surface area contributed by atoms with Crippen molar-refractivity contribution in [2.45, 2.75) is 25.6 Å². The molecule has 1 N–H and O–H groups in total. The van der Waals surface area contributed by atoms with Crippen LogP contribution < -0.4 is 0 Å². The second-order valence-electron chi connectivity index (χ2n) is 5.25. The maximum atomic E-state index is 13.2. The number of aliphatic hydroxyl groups is 1. The highest BCUT2D eigenvalue weighted by Gasteiger charge is 2.31. The maximum Gasteiger partial charge on any atom is 0.247 e. The van der Waals surface area contributed by atoms with Crippen molar-refractivity contribution < 1.29 is 18.7 Å². The Morgan fingerprint density at radius 1 is 1.36 bits per heavy atom. The van der Waals surface area contributed by atoms with Crippen molar-refractivity contribution in [1.82, 2.24) is 15.1 Å². The summed E-state index contributed by atoms with van der Waals surface area (Å²) < 4.78 is 24.1. The van der Waals surface area contributed by atoms with Gasteiger partial charge in [0, 0.05) is 5.56 Å². The molecule has 0 saturated carbocycles. The maximum absolute atomic E-state index is 13.2. The number of hydrogen-bond donors (Lipinski definition) is 1. The second-order valence-corrected chi connectivity index (χ2v) is 5.25. The van der Waals surface area contributed by atoms with Gasteiger partial charge < -0.3 is 14.3 Å². The molecule has 2 aromatic rings. The Labute approximate surface area is 127 Å². The summed E-state index contributed by atoms with van der Waals surface area (Å²) in [5.41, 5.74) is 0.547. The smallest absolute Gasteiger partial charge is 0.247 e. The zero-order valence-electron chi connectivity index (χ0n) is 12.3. The predicted molar refractivity (Wildman–Crippen MR) is 76.4 cm³/mol. The van der Waals surface area contributed by atoms with Crippen LogP contribution >= 0.6 is 0 Å². The van der Waals surface area contributed by atoms with E-state index in [1.54, 1.807) is 12.1 Å². The molecule has 0 aliphatic carbocycles. The van der Waals surface area contributed by atoms with Gasteiger partial charge in [-0.15, -0.1) is 10.2 Å². The van der Waals surface area contributed by atoms with Crippen molar-refractivity contribution in [3.8, 4) is 11.5 Å². The number of ether oxygens (including phenoxy) is 1. The molecule has 22 heavy (non-hydrogen) atoms. The molecule has 1 fully saturated rings. The van der Waals surface area contributed by atoms with Gasteiger partial charge in [0.25, 0.3) is 0 Å². The van der Waals surface area contributed by atoms with Gasteiger partial charge in [-0.05, 0) is 24.7 Å². The number of benzene rings is 1. The molecule has 7 heteroatoms. The van der Waals surface area contributed by atoms with E-state index < -0.39 is 6.10 Å². The molecular weight excluding hydrogens is 289 g/mol. The molecule has 0 amide bonds. The van der Waals surface area contributed by atoms with Gasteiger partial charge in [0.2, 0.25) is 11.8 Å². The average molecular weight is 307 g/mol. The van der Waals surface area contributed by atoms with Crippen LogP contribution in [0.1, 0.15) is 12.8 Å². The molecule has 3 rings (SSSR count). The Balaban J connectivity index is 1.73. The van der Waals surface area contributed by atoms with Crippen LogP contribution in [-0.4, -0.2) is 52.1 Å². The van der Waals surface area contributed by atoms with Crippen molar-refractivity contribution in [1.29, 1.82) is 0 Å². The molecule has 2 heterocycles. The number of hydrogen-bond acceptors (Lipinski definition) is 6. The van der Waals surface area contributed by atoms with E-state index in [9.17, 15) is 9.50 Å². The Bertz CT molecular complexity index is 634. The molecule has 2 atom stereocenters. The first-order valence-electron chi connectivity index (χ1n) is 7.25. The van der Waals surface area contributed by atoms with E-state index in [4.69, 9.17) is 9.15 Å². The molecule has 1 aromatic heterocycles. The first-order chi connectivity index (χ1) is 10.7. The zero-order chi connectivity index (χ0) is 15.5. The molecule has 1 saturated heterocycles. The fourth-order valence-electron chi connectivity index (χ4n) is 2.57. The molecule has 1 aliphatic heterocycles. The monoisotopic (exact) mass is 307 g/mol. The predicted octanol–water partition coefficient (Wildman–Crippen LogP) is 1.46. The normalized spacial score (nSPS) is 21.6. The van der Waals surface area contributed by atoms with E-state index in [1.165, 1.54) is 12.1 Å². The van der Waals surface area contributed by atoms with Crippen molar-refractivity contribution in [3.63, 3.8) is 0 Å². The van der Waals surface area contributed by atoms with Gasteiger partial charge in [-0.25, -0.2) is 4.39 Å². The van der Waals surface area contributed by atoms with Crippen LogP contribution in [0.2, 0.25) is 0 Å². The minimum atomic E-state index is -0.509. The Morgan fingerprint density at radius 3 is 2.91 bits per heavy atom. The molecule has 0 spiro atoms. The fraction of sp³-hybridized carbons (Fsp3) is 0.467. The lowest BCUT2D eigenvalue weighted by Gasteiger charge is -2.26. The summed E-state index contributed by atoms with van der Waals surface area (Å²) in [4.78, 5) is 2.03. The number of nitrogens with zero attached hydrogens (tertiary/aromatic N) is 3. The highest BCUT2D eigenvalue weighted by atomic mass is 19.1. The number of halogens is 1. The van der Waals surface area contributed by atoms with Gasteiger partial charge in [-0.1, -0.05) is 13.0 Å². The summed E-state index contributed by atoms with van der Waals surface area (Å²) in [5.74, 6) is 0.368. The molecule has 2 unspecified atom stereocenters. The standard InChI is InChI=1S/C15H18FN3O3/c1-2-19(12-8-21-9-13(12)20)7-14-17-18-15(22-14)10-4-3-5-11(16)6-10/h3-6,12-13,20H,2,7-9H2,1H3. The summed E-state index contributed by atoms with van der Waals surface area (Å²) in [6.07, 6.45) is -0.509. The minimum Gasteiger partial charge on any atom is -0.419 e. The van der Waals surface area contributed by atoms with Crippen LogP contribution in [0, 0.1) is 5.82 Å².